The van der Waals surface area contributed by atoms with E-state index in [2.05, 4.69) is 5.32 Å². The van der Waals surface area contributed by atoms with E-state index in [9.17, 15) is 9.59 Å². The van der Waals surface area contributed by atoms with Crippen LogP contribution in [0.2, 0.25) is 0 Å². The van der Waals surface area contributed by atoms with Crippen LogP contribution in [0, 0.1) is 0 Å². The van der Waals surface area contributed by atoms with Gasteiger partial charge in [-0.05, 0) is 19.3 Å². The third-order valence-corrected chi connectivity index (χ3v) is 3.26. The molecule has 1 aromatic rings. The maximum absolute atomic E-state index is 11.8. The minimum atomic E-state index is -0.0835. The second kappa shape index (κ2) is 7.04. The fourth-order valence-electron chi connectivity index (χ4n) is 2.16. The molecule has 19 heavy (non-hydrogen) atoms. The Morgan fingerprint density at radius 1 is 1.26 bits per heavy atom. The van der Waals surface area contributed by atoms with Gasteiger partial charge in [-0.25, -0.2) is 0 Å². The molecule has 1 amide bonds. The Morgan fingerprint density at radius 2 is 2.05 bits per heavy atom. The second-order valence-electron chi connectivity index (χ2n) is 4.74. The topological polar surface area (TPSA) is 55.4 Å². The number of carbonyl (C=O) groups excluding carboxylic acids is 2. The van der Waals surface area contributed by atoms with Crippen molar-refractivity contribution in [3.63, 3.8) is 0 Å². The average Bonchev–Trinajstić information content (AvgIpc) is 2.96. The van der Waals surface area contributed by atoms with Crippen LogP contribution >= 0.6 is 0 Å². The highest BCUT2D eigenvalue weighted by atomic mass is 16.5. The van der Waals surface area contributed by atoms with E-state index in [1.54, 1.807) is 12.1 Å². The van der Waals surface area contributed by atoms with Crippen molar-refractivity contribution in [2.45, 2.75) is 31.8 Å². The third kappa shape index (κ3) is 4.48. The van der Waals surface area contributed by atoms with E-state index in [0.717, 1.165) is 25.9 Å². The summed E-state index contributed by atoms with van der Waals surface area (Å²) in [5.41, 5.74) is 0.627. The normalized spacial score (nSPS) is 18.2. The molecule has 0 bridgehead atoms. The summed E-state index contributed by atoms with van der Waals surface area (Å²) in [5, 5.41) is 2.66. The Kier molecular flexibility index (Phi) is 5.10. The lowest BCUT2D eigenvalue weighted by atomic mass is 10.1. The first-order valence-corrected chi connectivity index (χ1v) is 6.72. The van der Waals surface area contributed by atoms with E-state index in [1.807, 2.05) is 18.2 Å². The zero-order chi connectivity index (χ0) is 13.5. The third-order valence-electron chi connectivity index (χ3n) is 3.26. The SMILES string of the molecule is O=C(CCC1CCCO1)NCC(=O)c1ccccc1. The van der Waals surface area contributed by atoms with E-state index in [1.165, 1.54) is 0 Å². The Balaban J connectivity index is 1.67. The molecule has 2 rings (SSSR count). The van der Waals surface area contributed by atoms with Crippen molar-refractivity contribution in [2.75, 3.05) is 13.2 Å². The Bertz CT molecular complexity index is 424. The van der Waals surface area contributed by atoms with Crippen LogP contribution in [-0.2, 0) is 9.53 Å². The Labute approximate surface area is 113 Å². The molecule has 1 heterocycles. The van der Waals surface area contributed by atoms with E-state index >= 15 is 0 Å². The molecule has 1 fully saturated rings. The average molecular weight is 261 g/mol. The zero-order valence-corrected chi connectivity index (χ0v) is 10.9. The smallest absolute Gasteiger partial charge is 0.220 e. The fourth-order valence-corrected chi connectivity index (χ4v) is 2.16. The molecule has 102 valence electrons. The van der Waals surface area contributed by atoms with Crippen molar-refractivity contribution in [1.29, 1.82) is 0 Å². The molecule has 0 aliphatic carbocycles. The number of benzene rings is 1. The Morgan fingerprint density at radius 3 is 2.74 bits per heavy atom. The van der Waals surface area contributed by atoms with Crippen molar-refractivity contribution in [1.82, 2.24) is 5.32 Å². The van der Waals surface area contributed by atoms with Crippen LogP contribution in [0.3, 0.4) is 0 Å². The number of ether oxygens (including phenoxy) is 1. The summed E-state index contributed by atoms with van der Waals surface area (Å²) < 4.78 is 5.45. The van der Waals surface area contributed by atoms with Gasteiger partial charge in [0.1, 0.15) is 0 Å². The fraction of sp³-hybridized carbons (Fsp3) is 0.467. The Hall–Kier alpha value is -1.68. The molecule has 4 nitrogen and oxygen atoms in total. The molecule has 1 saturated heterocycles. The predicted octanol–water partition coefficient (Wildman–Crippen LogP) is 1.94. The molecule has 0 spiro atoms. The minimum absolute atomic E-state index is 0.0638. The molecule has 1 aromatic carbocycles. The van der Waals surface area contributed by atoms with E-state index in [0.29, 0.717) is 12.0 Å². The standard InChI is InChI=1S/C15H19NO3/c17-14(12-5-2-1-3-6-12)11-16-15(18)9-8-13-7-4-10-19-13/h1-3,5-6,13H,4,7-11H2,(H,16,18). The molecule has 1 atom stereocenters. The van der Waals surface area contributed by atoms with Crippen LogP contribution in [0.4, 0.5) is 0 Å². The van der Waals surface area contributed by atoms with Crippen LogP contribution in [0.25, 0.3) is 0 Å². The van der Waals surface area contributed by atoms with Crippen LogP contribution in [0.5, 0.6) is 0 Å². The van der Waals surface area contributed by atoms with Crippen molar-refractivity contribution in [3.8, 4) is 0 Å². The number of Topliss-reactive ketones (excluding diaryl/α,β-unsaturated/α-hetero) is 1. The van der Waals surface area contributed by atoms with Crippen molar-refractivity contribution in [3.05, 3.63) is 35.9 Å². The minimum Gasteiger partial charge on any atom is -0.378 e. The predicted molar refractivity (Wildman–Crippen MR) is 72.0 cm³/mol. The number of nitrogens with one attached hydrogen (secondary N) is 1. The monoisotopic (exact) mass is 261 g/mol. The van der Waals surface area contributed by atoms with Gasteiger partial charge in [0.05, 0.1) is 12.6 Å². The second-order valence-corrected chi connectivity index (χ2v) is 4.74. The molecule has 1 aliphatic rings. The van der Waals surface area contributed by atoms with Gasteiger partial charge < -0.3 is 10.1 Å². The van der Waals surface area contributed by atoms with E-state index in [4.69, 9.17) is 4.74 Å². The van der Waals surface area contributed by atoms with Gasteiger partial charge in [-0.15, -0.1) is 0 Å². The lowest BCUT2D eigenvalue weighted by molar-refractivity contribution is -0.121. The first-order chi connectivity index (χ1) is 9.25. The van der Waals surface area contributed by atoms with Crippen molar-refractivity contribution in [2.24, 2.45) is 0 Å². The molecule has 1 unspecified atom stereocenters. The van der Waals surface area contributed by atoms with Gasteiger partial charge in [-0.1, -0.05) is 30.3 Å². The summed E-state index contributed by atoms with van der Waals surface area (Å²) in [5.74, 6) is -0.147. The quantitative estimate of drug-likeness (QED) is 0.796. The summed E-state index contributed by atoms with van der Waals surface area (Å²) in [6.07, 6.45) is 3.50. The van der Waals surface area contributed by atoms with Crippen molar-refractivity contribution < 1.29 is 14.3 Å². The maximum Gasteiger partial charge on any atom is 0.220 e. The summed E-state index contributed by atoms with van der Waals surface area (Å²) in [6, 6.07) is 8.98. The molecule has 0 saturated carbocycles. The molecule has 0 radical (unpaired) electrons. The van der Waals surface area contributed by atoms with E-state index < -0.39 is 0 Å². The summed E-state index contributed by atoms with van der Waals surface area (Å²) in [4.78, 5) is 23.4. The highest BCUT2D eigenvalue weighted by Crippen LogP contribution is 2.16. The van der Waals surface area contributed by atoms with Gasteiger partial charge in [-0.3, -0.25) is 9.59 Å². The summed E-state index contributed by atoms with van der Waals surface area (Å²) in [7, 11) is 0. The van der Waals surface area contributed by atoms with Gasteiger partial charge in [-0.2, -0.15) is 0 Å². The zero-order valence-electron chi connectivity index (χ0n) is 10.9. The van der Waals surface area contributed by atoms with Crippen LogP contribution in [-0.4, -0.2) is 30.9 Å². The van der Waals surface area contributed by atoms with Crippen LogP contribution < -0.4 is 5.32 Å². The first kappa shape index (κ1) is 13.7. The van der Waals surface area contributed by atoms with Crippen LogP contribution in [0.1, 0.15) is 36.0 Å². The lowest BCUT2D eigenvalue weighted by Crippen LogP contribution is -2.30. The number of ketones is 1. The number of hydrogen-bond donors (Lipinski definition) is 1. The molecular formula is C15H19NO3. The van der Waals surface area contributed by atoms with Crippen LogP contribution in [0.15, 0.2) is 30.3 Å². The summed E-state index contributed by atoms with van der Waals surface area (Å²) in [6.45, 7) is 0.868. The van der Waals surface area contributed by atoms with Crippen molar-refractivity contribution >= 4 is 11.7 Å². The number of carbonyl (C=O) groups is 2. The molecule has 0 aromatic heterocycles. The number of rotatable bonds is 6. The molecule has 1 aliphatic heterocycles. The number of amides is 1. The largest absolute Gasteiger partial charge is 0.378 e. The lowest BCUT2D eigenvalue weighted by Gasteiger charge is -2.09. The molecule has 1 N–H and O–H groups in total. The highest BCUT2D eigenvalue weighted by molar-refractivity contribution is 5.99. The highest BCUT2D eigenvalue weighted by Gasteiger charge is 2.16. The maximum atomic E-state index is 11.8. The summed E-state index contributed by atoms with van der Waals surface area (Å²) >= 11 is 0. The van der Waals surface area contributed by atoms with Gasteiger partial charge in [0.25, 0.3) is 0 Å². The van der Waals surface area contributed by atoms with Gasteiger partial charge >= 0.3 is 0 Å². The first-order valence-electron chi connectivity index (χ1n) is 6.72. The number of hydrogen-bond acceptors (Lipinski definition) is 3. The van der Waals surface area contributed by atoms with Gasteiger partial charge in [0.2, 0.25) is 5.91 Å². The molecule has 4 heteroatoms. The van der Waals surface area contributed by atoms with E-state index in [-0.39, 0.29) is 24.3 Å². The van der Waals surface area contributed by atoms with Gasteiger partial charge in [0, 0.05) is 18.6 Å². The molecular weight excluding hydrogens is 242 g/mol. The van der Waals surface area contributed by atoms with Gasteiger partial charge in [0.15, 0.2) is 5.78 Å².